The second kappa shape index (κ2) is 14.8. The number of fused-ring (bicyclic) bond motifs is 1. The minimum Gasteiger partial charge on any atom is -0.465 e. The Balaban J connectivity index is 1.82. The van der Waals surface area contributed by atoms with E-state index in [9.17, 15) is 29.2 Å². The number of hydrogen-bond donors (Lipinski definition) is 6. The number of carbonyl (C=O) groups is 2. The molecule has 0 amide bonds. The zero-order valence-electron chi connectivity index (χ0n) is 24.1. The lowest BCUT2D eigenvalue weighted by atomic mass is 10.1. The number of H-pyrrole nitrogens is 1. The maximum Gasteiger partial charge on any atom is 0.323 e. The van der Waals surface area contributed by atoms with E-state index in [1.54, 1.807) is 0 Å². The van der Waals surface area contributed by atoms with E-state index in [1.165, 1.54) is 30.8 Å². The molecule has 16 nitrogen and oxygen atoms in total. The summed E-state index contributed by atoms with van der Waals surface area (Å²) >= 11 is 0. The van der Waals surface area contributed by atoms with Gasteiger partial charge in [0.2, 0.25) is 13.4 Å². The number of hydrogen-bond acceptors (Lipinski definition) is 12. The lowest BCUT2D eigenvalue weighted by molar-refractivity contribution is -0.145. The van der Waals surface area contributed by atoms with Crippen LogP contribution in [0.1, 0.15) is 59.6 Å². The summed E-state index contributed by atoms with van der Waals surface area (Å²) in [6.07, 6.45) is 0.00439. The largest absolute Gasteiger partial charge is 0.465 e. The molecular formula is C25H40N7O9P. The number of nitrogens with two attached hydrogens (primary N) is 1. The highest BCUT2D eigenvalue weighted by Crippen LogP contribution is 2.41. The van der Waals surface area contributed by atoms with Gasteiger partial charge in [0.1, 0.15) is 30.4 Å². The Morgan fingerprint density at radius 2 is 1.71 bits per heavy atom. The van der Waals surface area contributed by atoms with Crippen LogP contribution in [0, 0.1) is 0 Å². The van der Waals surface area contributed by atoms with Gasteiger partial charge in [-0.05, 0) is 32.8 Å². The highest BCUT2D eigenvalue weighted by Gasteiger charge is 2.44. The van der Waals surface area contributed by atoms with Crippen molar-refractivity contribution in [2.45, 2.75) is 90.0 Å². The second-order valence-electron chi connectivity index (χ2n) is 9.99. The summed E-state index contributed by atoms with van der Waals surface area (Å²) in [4.78, 5) is 47.4. The Labute approximate surface area is 242 Å². The quantitative estimate of drug-likeness (QED) is 0.0921. The van der Waals surface area contributed by atoms with Crippen LogP contribution in [0.25, 0.3) is 11.2 Å². The molecule has 6 atom stereocenters. The number of unbranched alkanes of at least 4 members (excludes halogenated alkanes) is 2. The van der Waals surface area contributed by atoms with Crippen molar-refractivity contribution < 1.29 is 38.6 Å². The van der Waals surface area contributed by atoms with Crippen molar-refractivity contribution in [1.82, 2.24) is 29.7 Å². The fourth-order valence-electron chi connectivity index (χ4n) is 4.10. The van der Waals surface area contributed by atoms with Gasteiger partial charge in [-0.3, -0.25) is 28.5 Å². The lowest BCUT2D eigenvalue weighted by Gasteiger charge is -2.24. The van der Waals surface area contributed by atoms with Crippen molar-refractivity contribution in [3.8, 4) is 0 Å². The number of aliphatic hydroxyl groups is 2. The Morgan fingerprint density at radius 3 is 2.26 bits per heavy atom. The standard InChI is InChI=1S/C25H40N7O9P/c1-5-7-10-39-23(36)14(3)30-42(38,31-15(4)24(37)40-11-8-6-2)12-9-16-18(33)19(34)22(41-16)32-13-27-17-20(32)28-25(26)29-21(17)35/h9,12-16,18-19,22,33-34H,5-8,10-11H2,1-4H3,(H2,30,31,38)(H3,26,28,29,35)/b12-9+/t14-,15-,16+,18+,19+,22+/m0/s1. The molecule has 0 spiro atoms. The van der Waals surface area contributed by atoms with Crippen molar-refractivity contribution >= 4 is 36.5 Å². The average Bonchev–Trinajstić information content (AvgIpc) is 3.48. The van der Waals surface area contributed by atoms with Crippen LogP contribution < -0.4 is 21.5 Å². The smallest absolute Gasteiger partial charge is 0.323 e. The first-order chi connectivity index (χ1) is 19.9. The van der Waals surface area contributed by atoms with Gasteiger partial charge in [0.25, 0.3) is 5.56 Å². The van der Waals surface area contributed by atoms with Crippen LogP contribution in [-0.2, 0) is 28.4 Å². The molecule has 1 saturated heterocycles. The Hall–Kier alpha value is -3.14. The van der Waals surface area contributed by atoms with E-state index in [1.807, 2.05) is 13.8 Å². The second-order valence-corrected chi connectivity index (χ2v) is 12.1. The number of imidazole rings is 1. The van der Waals surface area contributed by atoms with Crippen molar-refractivity contribution in [3.05, 3.63) is 28.6 Å². The zero-order valence-corrected chi connectivity index (χ0v) is 25.0. The molecule has 17 heteroatoms. The predicted molar refractivity (Wildman–Crippen MR) is 152 cm³/mol. The third-order valence-corrected chi connectivity index (χ3v) is 8.58. The molecule has 3 heterocycles. The van der Waals surface area contributed by atoms with Gasteiger partial charge in [0.15, 0.2) is 17.4 Å². The highest BCUT2D eigenvalue weighted by atomic mass is 31.2. The van der Waals surface area contributed by atoms with E-state index in [0.717, 1.165) is 18.7 Å². The molecule has 7 N–H and O–H groups in total. The summed E-state index contributed by atoms with van der Waals surface area (Å²) in [7, 11) is -3.90. The van der Waals surface area contributed by atoms with Gasteiger partial charge < -0.3 is 30.2 Å². The molecular weight excluding hydrogens is 573 g/mol. The number of carbonyl (C=O) groups excluding carboxylic acids is 2. The summed E-state index contributed by atoms with van der Waals surface area (Å²) in [5.74, 6) is -0.312. The molecule has 0 bridgehead atoms. The molecule has 2 aromatic rings. The summed E-state index contributed by atoms with van der Waals surface area (Å²) in [5.41, 5.74) is 5.02. The van der Waals surface area contributed by atoms with Crippen LogP contribution in [-0.4, -0.2) is 85.3 Å². The molecule has 0 saturated carbocycles. The molecule has 234 valence electrons. The number of rotatable bonds is 15. The third-order valence-electron chi connectivity index (χ3n) is 6.45. The molecule has 0 aliphatic carbocycles. The first-order valence-corrected chi connectivity index (χ1v) is 15.6. The zero-order chi connectivity index (χ0) is 31.0. The van der Waals surface area contributed by atoms with Crippen molar-refractivity contribution in [1.29, 1.82) is 0 Å². The first-order valence-electron chi connectivity index (χ1n) is 13.8. The molecule has 0 unspecified atom stereocenters. The van der Waals surface area contributed by atoms with Crippen molar-refractivity contribution in [3.63, 3.8) is 0 Å². The molecule has 3 rings (SSSR count). The van der Waals surface area contributed by atoms with Gasteiger partial charge in [-0.2, -0.15) is 4.98 Å². The van der Waals surface area contributed by atoms with Crippen LogP contribution in [0.15, 0.2) is 23.0 Å². The minimum atomic E-state index is -3.90. The first kappa shape index (κ1) is 33.4. The monoisotopic (exact) mass is 613 g/mol. The van der Waals surface area contributed by atoms with Gasteiger partial charge in [-0.25, -0.2) is 15.2 Å². The SMILES string of the molecule is CCCCOC(=O)[C@H](C)NP(=O)(/C=C/[C@H]1O[C@@H](n2cnc3c(=O)[nH]c(N)nc32)[C@H](O)[C@@H]1O)N[C@@H](C)C(=O)OCCCC. The molecule has 1 aliphatic heterocycles. The van der Waals surface area contributed by atoms with E-state index < -0.39 is 61.6 Å². The summed E-state index contributed by atoms with van der Waals surface area (Å²) in [6.45, 7) is 7.22. The highest BCUT2D eigenvalue weighted by molar-refractivity contribution is 7.63. The summed E-state index contributed by atoms with van der Waals surface area (Å²) in [6, 6.07) is -2.07. The fraction of sp³-hybridized carbons (Fsp3) is 0.640. The Kier molecular flexibility index (Phi) is 11.8. The van der Waals surface area contributed by atoms with Crippen LogP contribution in [0.3, 0.4) is 0 Å². The number of ether oxygens (including phenoxy) is 3. The minimum absolute atomic E-state index is 0.0250. The summed E-state index contributed by atoms with van der Waals surface area (Å²) < 4.78 is 31.5. The van der Waals surface area contributed by atoms with Crippen molar-refractivity contribution in [2.24, 2.45) is 0 Å². The number of aromatic amines is 1. The van der Waals surface area contributed by atoms with Crippen molar-refractivity contribution in [2.75, 3.05) is 18.9 Å². The van der Waals surface area contributed by atoms with E-state index >= 15 is 0 Å². The number of nitrogen functional groups attached to an aromatic ring is 1. The van der Waals surface area contributed by atoms with Gasteiger partial charge in [0.05, 0.1) is 19.5 Å². The van der Waals surface area contributed by atoms with Crippen LogP contribution in [0.2, 0.25) is 0 Å². The average molecular weight is 614 g/mol. The molecule has 0 radical (unpaired) electrons. The Bertz CT molecular complexity index is 1330. The normalized spacial score (nSPS) is 22.4. The van der Waals surface area contributed by atoms with E-state index in [4.69, 9.17) is 19.9 Å². The topological polar surface area (TPSA) is 233 Å². The summed E-state index contributed by atoms with van der Waals surface area (Å²) in [5, 5.41) is 26.9. The molecule has 42 heavy (non-hydrogen) atoms. The Morgan fingerprint density at radius 1 is 1.14 bits per heavy atom. The predicted octanol–water partition coefficient (Wildman–Crippen LogP) is 0.671. The van der Waals surface area contributed by atoms with E-state index in [-0.39, 0.29) is 30.3 Å². The molecule has 1 aliphatic rings. The fourth-order valence-corrected chi connectivity index (χ4v) is 6.12. The van der Waals surface area contributed by atoms with Crippen LogP contribution in [0.4, 0.5) is 5.95 Å². The van der Waals surface area contributed by atoms with Crippen LogP contribution in [0.5, 0.6) is 0 Å². The maximum atomic E-state index is 14.0. The van der Waals surface area contributed by atoms with E-state index in [0.29, 0.717) is 12.8 Å². The van der Waals surface area contributed by atoms with Crippen LogP contribution >= 0.6 is 7.44 Å². The number of aliphatic hydroxyl groups excluding tert-OH is 2. The number of aromatic nitrogens is 4. The van der Waals surface area contributed by atoms with Gasteiger partial charge in [-0.15, -0.1) is 0 Å². The molecule has 0 aromatic carbocycles. The number of anilines is 1. The van der Waals surface area contributed by atoms with E-state index in [2.05, 4.69) is 25.1 Å². The van der Waals surface area contributed by atoms with Gasteiger partial charge >= 0.3 is 11.9 Å². The number of nitrogens with one attached hydrogen (secondary N) is 3. The third kappa shape index (κ3) is 8.24. The lowest BCUT2D eigenvalue weighted by Crippen LogP contribution is -2.41. The van der Waals surface area contributed by atoms with Gasteiger partial charge in [0, 0.05) is 5.82 Å². The number of nitrogens with zero attached hydrogens (tertiary/aromatic N) is 3. The number of esters is 2. The van der Waals surface area contributed by atoms with Gasteiger partial charge in [-0.1, -0.05) is 26.7 Å². The maximum absolute atomic E-state index is 14.0. The molecule has 1 fully saturated rings. The molecule has 2 aromatic heterocycles.